The molecule has 0 radical (unpaired) electrons. The van der Waals surface area contributed by atoms with Crippen molar-refractivity contribution in [2.24, 2.45) is 0 Å². The van der Waals surface area contributed by atoms with Crippen molar-refractivity contribution < 1.29 is 43.1 Å². The fourth-order valence-electron chi connectivity index (χ4n) is 6.82. The molecule has 0 atom stereocenters. The van der Waals surface area contributed by atoms with Crippen LogP contribution in [-0.2, 0) is 46.2 Å². The van der Waals surface area contributed by atoms with E-state index < -0.39 is 0 Å². The first kappa shape index (κ1) is 43.5. The molecule has 0 aliphatic heterocycles. The second-order valence-corrected chi connectivity index (χ2v) is 15.2. The van der Waals surface area contributed by atoms with E-state index in [1.807, 2.05) is 176 Å². The normalized spacial score (nSPS) is 10.7. The van der Waals surface area contributed by atoms with Crippen LogP contribution in [0.5, 0.6) is 46.0 Å². The Morgan fingerprint density at radius 1 is 0.292 bits per heavy atom. The first-order valence-corrected chi connectivity index (χ1v) is 21.2. The minimum atomic E-state index is -0.121. The molecule has 0 spiro atoms. The molecule has 0 fully saturated rings. The summed E-state index contributed by atoms with van der Waals surface area (Å²) < 4.78 is 44.1. The van der Waals surface area contributed by atoms with E-state index in [1.54, 1.807) is 6.07 Å². The average Bonchev–Trinajstić information content (AvgIpc) is 3.36. The minimum absolute atomic E-state index is 0.121. The lowest BCUT2D eigenvalue weighted by atomic mass is 10.1. The number of aromatic hydroxyl groups is 1. The summed E-state index contributed by atoms with van der Waals surface area (Å²) in [5.74, 6) is 3.97. The predicted octanol–water partition coefficient (Wildman–Crippen LogP) is 12.3. The second-order valence-electron chi connectivity index (χ2n) is 15.2. The van der Waals surface area contributed by atoms with Crippen LogP contribution < -0.4 is 33.2 Å². The summed E-state index contributed by atoms with van der Waals surface area (Å²) >= 11 is 0. The number of hydrogen-bond donors (Lipinski definition) is 1. The summed E-state index contributed by atoms with van der Waals surface area (Å²) in [4.78, 5) is 11.5. The Balaban J connectivity index is 1.03. The van der Waals surface area contributed by atoms with Gasteiger partial charge in [-0.05, 0) is 93.5 Å². The van der Waals surface area contributed by atoms with Crippen LogP contribution in [0, 0.1) is 0 Å². The molecular weight excluding hydrogens is 817 g/mol. The smallest absolute Gasteiger partial charge is 0.153 e. The van der Waals surface area contributed by atoms with E-state index in [1.165, 1.54) is 12.1 Å². The number of carbonyl (C=O) groups is 1. The number of phenolic OH excluding ortho intramolecular Hbond substituents is 1. The van der Waals surface area contributed by atoms with E-state index in [-0.39, 0.29) is 31.1 Å². The fraction of sp³-hybridized carbons (Fsp3) is 0.125. The van der Waals surface area contributed by atoms with Crippen LogP contribution in [0.1, 0.15) is 49.3 Å². The standard InChI is InChI=1S/C56H48O9/c57-33-48-29-49(21-22-56(48)58)59-38-45-23-54(64-39-46-25-50(60-34-41-13-5-1-6-14-41)30-51(26-46)61-35-42-15-7-2-8-16-42)32-55(24-45)65-40-47-27-52(62-36-43-17-9-3-10-18-43)31-53(28-47)63-37-44-19-11-4-12-20-44/h1-33,58H,34-40H2. The SMILES string of the molecule is O=Cc1cc(OCc2cc(OCc3cc(OCc4ccccc4)cc(OCc4ccccc4)c3)cc(OCc3cc(OCc4ccccc4)cc(OCc4ccccc4)c3)c2)ccc1O. The number of rotatable bonds is 22. The Labute approximate surface area is 379 Å². The Bertz CT molecular complexity index is 2460. The number of benzene rings is 8. The van der Waals surface area contributed by atoms with E-state index in [4.69, 9.17) is 33.2 Å². The molecular formula is C56H48O9. The van der Waals surface area contributed by atoms with E-state index in [2.05, 4.69) is 0 Å². The highest BCUT2D eigenvalue weighted by Gasteiger charge is 2.12. The van der Waals surface area contributed by atoms with E-state index >= 15 is 0 Å². The van der Waals surface area contributed by atoms with Gasteiger partial charge in [-0.25, -0.2) is 0 Å². The third-order valence-corrected chi connectivity index (χ3v) is 10.2. The van der Waals surface area contributed by atoms with Gasteiger partial charge in [-0.15, -0.1) is 0 Å². The average molecular weight is 865 g/mol. The van der Waals surface area contributed by atoms with Crippen molar-refractivity contribution in [3.8, 4) is 46.0 Å². The summed E-state index contributed by atoms with van der Waals surface area (Å²) in [6.45, 7) is 2.08. The molecule has 326 valence electrons. The zero-order valence-electron chi connectivity index (χ0n) is 35.7. The van der Waals surface area contributed by atoms with E-state index in [0.717, 1.165) is 38.9 Å². The van der Waals surface area contributed by atoms with Crippen LogP contribution in [0.15, 0.2) is 194 Å². The Morgan fingerprint density at radius 3 is 0.831 bits per heavy atom. The van der Waals surface area contributed by atoms with Crippen molar-refractivity contribution in [2.75, 3.05) is 0 Å². The topological polar surface area (TPSA) is 102 Å². The number of hydrogen-bond acceptors (Lipinski definition) is 9. The molecule has 8 aromatic rings. The van der Waals surface area contributed by atoms with Crippen LogP contribution in [0.25, 0.3) is 0 Å². The largest absolute Gasteiger partial charge is 0.507 e. The van der Waals surface area contributed by atoms with Crippen molar-refractivity contribution in [1.29, 1.82) is 0 Å². The first-order valence-electron chi connectivity index (χ1n) is 21.2. The van der Waals surface area contributed by atoms with Gasteiger partial charge in [-0.3, -0.25) is 4.79 Å². The summed E-state index contributed by atoms with van der Waals surface area (Å²) in [6, 6.07) is 61.7. The molecule has 0 aliphatic rings. The third kappa shape index (κ3) is 13.4. The van der Waals surface area contributed by atoms with E-state index in [9.17, 15) is 9.90 Å². The molecule has 0 amide bonds. The summed E-state index contributed by atoms with van der Waals surface area (Å²) in [6.07, 6.45) is 0.586. The Hall–Kier alpha value is -8.17. The van der Waals surface area contributed by atoms with Crippen molar-refractivity contribution in [3.05, 3.63) is 239 Å². The van der Waals surface area contributed by atoms with Gasteiger partial charge in [0, 0.05) is 18.2 Å². The van der Waals surface area contributed by atoms with Gasteiger partial charge in [0.2, 0.25) is 0 Å². The fourth-order valence-corrected chi connectivity index (χ4v) is 6.82. The van der Waals surface area contributed by atoms with Gasteiger partial charge in [0.15, 0.2) is 6.29 Å². The van der Waals surface area contributed by atoms with E-state index in [0.29, 0.717) is 73.0 Å². The monoisotopic (exact) mass is 864 g/mol. The van der Waals surface area contributed by atoms with Crippen molar-refractivity contribution in [3.63, 3.8) is 0 Å². The molecule has 9 heteroatoms. The van der Waals surface area contributed by atoms with Crippen LogP contribution in [0.4, 0.5) is 0 Å². The highest BCUT2D eigenvalue weighted by molar-refractivity contribution is 5.79. The van der Waals surface area contributed by atoms with Gasteiger partial charge >= 0.3 is 0 Å². The molecule has 0 saturated carbocycles. The van der Waals surface area contributed by atoms with Crippen LogP contribution in [0.2, 0.25) is 0 Å². The van der Waals surface area contributed by atoms with Crippen molar-refractivity contribution in [1.82, 2.24) is 0 Å². The quantitative estimate of drug-likeness (QED) is 0.0667. The van der Waals surface area contributed by atoms with Gasteiger partial charge in [0.25, 0.3) is 0 Å². The maximum absolute atomic E-state index is 11.5. The Morgan fingerprint density at radius 2 is 0.554 bits per heavy atom. The molecule has 9 nitrogen and oxygen atoms in total. The number of aldehydes is 1. The maximum Gasteiger partial charge on any atom is 0.153 e. The molecule has 0 aliphatic carbocycles. The van der Waals surface area contributed by atoms with Gasteiger partial charge in [0.1, 0.15) is 92.2 Å². The molecule has 0 heterocycles. The highest BCUT2D eigenvalue weighted by atomic mass is 16.5. The molecule has 1 N–H and O–H groups in total. The molecule has 0 aromatic heterocycles. The van der Waals surface area contributed by atoms with Crippen LogP contribution in [0.3, 0.4) is 0 Å². The van der Waals surface area contributed by atoms with Gasteiger partial charge in [0.05, 0.1) is 5.56 Å². The lowest BCUT2D eigenvalue weighted by molar-refractivity contribution is 0.112. The summed E-state index contributed by atoms with van der Waals surface area (Å²) in [5, 5.41) is 10.0. The number of phenols is 1. The maximum atomic E-state index is 11.5. The molecule has 8 aromatic carbocycles. The van der Waals surface area contributed by atoms with Gasteiger partial charge in [-0.2, -0.15) is 0 Å². The van der Waals surface area contributed by atoms with Gasteiger partial charge < -0.3 is 38.3 Å². The predicted molar refractivity (Wildman–Crippen MR) is 249 cm³/mol. The van der Waals surface area contributed by atoms with Crippen molar-refractivity contribution >= 4 is 6.29 Å². The highest BCUT2D eigenvalue weighted by Crippen LogP contribution is 2.31. The lowest BCUT2D eigenvalue weighted by Crippen LogP contribution is -2.04. The zero-order chi connectivity index (χ0) is 44.5. The first-order chi connectivity index (χ1) is 32.0. The zero-order valence-corrected chi connectivity index (χ0v) is 35.7. The molecule has 0 unspecified atom stereocenters. The third-order valence-electron chi connectivity index (χ3n) is 10.2. The summed E-state index contributed by atoms with van der Waals surface area (Å²) in [5.41, 5.74) is 6.74. The minimum Gasteiger partial charge on any atom is -0.507 e. The second kappa shape index (κ2) is 22.3. The van der Waals surface area contributed by atoms with Crippen LogP contribution in [-0.4, -0.2) is 11.4 Å². The molecule has 0 bridgehead atoms. The molecule has 0 saturated heterocycles. The van der Waals surface area contributed by atoms with Crippen LogP contribution >= 0.6 is 0 Å². The number of carbonyl (C=O) groups excluding carboxylic acids is 1. The lowest BCUT2D eigenvalue weighted by Gasteiger charge is -2.16. The number of ether oxygens (including phenoxy) is 7. The van der Waals surface area contributed by atoms with Crippen molar-refractivity contribution in [2.45, 2.75) is 46.2 Å². The Kier molecular flexibility index (Phi) is 14.9. The molecule has 65 heavy (non-hydrogen) atoms. The molecule has 8 rings (SSSR count). The van der Waals surface area contributed by atoms with Gasteiger partial charge in [-0.1, -0.05) is 121 Å². The summed E-state index contributed by atoms with van der Waals surface area (Å²) in [7, 11) is 0.